The monoisotopic (exact) mass is 409 g/mol. The van der Waals surface area contributed by atoms with Crippen LogP contribution in [0.15, 0.2) is 47.3 Å². The van der Waals surface area contributed by atoms with Crippen molar-refractivity contribution in [2.75, 3.05) is 39.3 Å². The van der Waals surface area contributed by atoms with Crippen LogP contribution in [0.4, 0.5) is 0 Å². The van der Waals surface area contributed by atoms with E-state index in [-0.39, 0.29) is 17.7 Å². The highest BCUT2D eigenvalue weighted by molar-refractivity contribution is 5.94. The summed E-state index contributed by atoms with van der Waals surface area (Å²) in [6, 6.07) is 10.4. The van der Waals surface area contributed by atoms with Gasteiger partial charge in [-0.1, -0.05) is 29.8 Å². The predicted octanol–water partition coefficient (Wildman–Crippen LogP) is 3.17. The SMILES string of the molecule is Cc1ccc(CN2CCCN(C(=O)C3CCCN(C(=O)c4ccoc4)C3)CC2)cc1. The fourth-order valence-electron chi connectivity index (χ4n) is 4.49. The van der Waals surface area contributed by atoms with Gasteiger partial charge in [0.25, 0.3) is 5.91 Å². The van der Waals surface area contributed by atoms with Crippen LogP contribution in [0.5, 0.6) is 0 Å². The lowest BCUT2D eigenvalue weighted by Gasteiger charge is -2.34. The summed E-state index contributed by atoms with van der Waals surface area (Å²) >= 11 is 0. The Kier molecular flexibility index (Phi) is 6.53. The molecule has 2 aliphatic heterocycles. The van der Waals surface area contributed by atoms with Gasteiger partial charge in [-0.25, -0.2) is 0 Å². The summed E-state index contributed by atoms with van der Waals surface area (Å²) < 4.78 is 5.04. The number of hydrogen-bond donors (Lipinski definition) is 0. The maximum Gasteiger partial charge on any atom is 0.257 e. The Labute approximate surface area is 178 Å². The van der Waals surface area contributed by atoms with Crippen molar-refractivity contribution in [1.82, 2.24) is 14.7 Å². The van der Waals surface area contributed by atoms with E-state index in [1.807, 2.05) is 4.90 Å². The van der Waals surface area contributed by atoms with Gasteiger partial charge in [0, 0.05) is 45.8 Å². The Bertz CT molecular complexity index is 847. The summed E-state index contributed by atoms with van der Waals surface area (Å²) in [5, 5.41) is 0. The van der Waals surface area contributed by atoms with Crippen LogP contribution in [0.3, 0.4) is 0 Å². The van der Waals surface area contributed by atoms with Crippen molar-refractivity contribution >= 4 is 11.8 Å². The highest BCUT2D eigenvalue weighted by Gasteiger charge is 2.32. The molecule has 1 atom stereocenters. The van der Waals surface area contributed by atoms with Gasteiger partial charge in [-0.15, -0.1) is 0 Å². The number of furan rings is 1. The maximum atomic E-state index is 13.2. The van der Waals surface area contributed by atoms with Crippen LogP contribution in [0.25, 0.3) is 0 Å². The molecule has 0 bridgehead atoms. The molecule has 2 amide bonds. The molecule has 1 unspecified atom stereocenters. The van der Waals surface area contributed by atoms with Gasteiger partial charge in [-0.2, -0.15) is 0 Å². The molecular weight excluding hydrogens is 378 g/mol. The van der Waals surface area contributed by atoms with Gasteiger partial charge < -0.3 is 14.2 Å². The average Bonchev–Trinajstić information content (AvgIpc) is 3.21. The standard InChI is InChI=1S/C24H31N3O3/c1-19-5-7-20(8-6-19)16-25-10-3-12-26(14-13-25)23(28)21-4-2-11-27(17-21)24(29)22-9-15-30-18-22/h5-9,15,18,21H,2-4,10-14,16-17H2,1H3. The number of amides is 2. The minimum absolute atomic E-state index is 0.0404. The van der Waals surface area contributed by atoms with Crippen LogP contribution in [0, 0.1) is 12.8 Å². The largest absolute Gasteiger partial charge is 0.472 e. The van der Waals surface area contributed by atoms with Crippen LogP contribution in [0.1, 0.15) is 40.7 Å². The highest BCUT2D eigenvalue weighted by Crippen LogP contribution is 2.22. The third-order valence-corrected chi connectivity index (χ3v) is 6.25. The van der Waals surface area contributed by atoms with Crippen molar-refractivity contribution in [3.05, 3.63) is 59.5 Å². The van der Waals surface area contributed by atoms with Crippen LogP contribution in [-0.2, 0) is 11.3 Å². The molecule has 1 aromatic carbocycles. The van der Waals surface area contributed by atoms with E-state index in [0.717, 1.165) is 52.0 Å². The highest BCUT2D eigenvalue weighted by atomic mass is 16.3. The second-order valence-electron chi connectivity index (χ2n) is 8.54. The van der Waals surface area contributed by atoms with E-state index >= 15 is 0 Å². The van der Waals surface area contributed by atoms with Gasteiger partial charge in [-0.3, -0.25) is 14.5 Å². The first-order valence-electron chi connectivity index (χ1n) is 11.0. The number of benzene rings is 1. The number of carbonyl (C=O) groups excluding carboxylic acids is 2. The summed E-state index contributed by atoms with van der Waals surface area (Å²) in [6.45, 7) is 7.71. The lowest BCUT2D eigenvalue weighted by atomic mass is 9.96. The zero-order valence-electron chi connectivity index (χ0n) is 17.8. The minimum atomic E-state index is -0.0988. The molecule has 0 saturated carbocycles. The molecular formula is C24H31N3O3. The molecule has 30 heavy (non-hydrogen) atoms. The van der Waals surface area contributed by atoms with Gasteiger partial charge in [0.2, 0.25) is 5.91 Å². The molecule has 0 radical (unpaired) electrons. The minimum Gasteiger partial charge on any atom is -0.472 e. The van der Waals surface area contributed by atoms with E-state index in [1.54, 1.807) is 11.0 Å². The number of carbonyl (C=O) groups is 2. The van der Waals surface area contributed by atoms with Crippen LogP contribution in [0.2, 0.25) is 0 Å². The summed E-state index contributed by atoms with van der Waals surface area (Å²) in [4.78, 5) is 32.1. The molecule has 160 valence electrons. The molecule has 6 heteroatoms. The molecule has 2 fully saturated rings. The van der Waals surface area contributed by atoms with Crippen molar-refractivity contribution < 1.29 is 14.0 Å². The molecule has 3 heterocycles. The van der Waals surface area contributed by atoms with E-state index in [0.29, 0.717) is 18.7 Å². The Morgan fingerprint density at radius 3 is 2.53 bits per heavy atom. The normalized spacial score (nSPS) is 20.8. The zero-order valence-corrected chi connectivity index (χ0v) is 17.8. The fraction of sp³-hybridized carbons (Fsp3) is 0.500. The Morgan fingerprint density at radius 1 is 0.967 bits per heavy atom. The Hall–Kier alpha value is -2.60. The topological polar surface area (TPSA) is 57.0 Å². The number of piperidine rings is 1. The van der Waals surface area contributed by atoms with E-state index < -0.39 is 0 Å². The number of likely N-dealkylation sites (tertiary alicyclic amines) is 1. The quantitative estimate of drug-likeness (QED) is 0.778. The second kappa shape index (κ2) is 9.47. The smallest absolute Gasteiger partial charge is 0.257 e. The molecule has 0 spiro atoms. The van der Waals surface area contributed by atoms with Crippen LogP contribution in [-0.4, -0.2) is 65.8 Å². The van der Waals surface area contributed by atoms with Crippen LogP contribution < -0.4 is 0 Å². The van der Waals surface area contributed by atoms with Crippen molar-refractivity contribution in [2.45, 2.75) is 32.7 Å². The summed E-state index contributed by atoms with van der Waals surface area (Å²) in [5.74, 6) is 0.0662. The first kappa shape index (κ1) is 20.7. The van der Waals surface area contributed by atoms with Crippen molar-refractivity contribution in [2.24, 2.45) is 5.92 Å². The van der Waals surface area contributed by atoms with Crippen molar-refractivity contribution in [3.63, 3.8) is 0 Å². The predicted molar refractivity (Wildman–Crippen MR) is 115 cm³/mol. The molecule has 2 saturated heterocycles. The molecule has 2 aromatic rings. The Morgan fingerprint density at radius 2 is 1.77 bits per heavy atom. The third-order valence-electron chi connectivity index (χ3n) is 6.25. The Balaban J connectivity index is 1.32. The molecule has 1 aromatic heterocycles. The van der Waals surface area contributed by atoms with Gasteiger partial charge in [-0.05, 0) is 37.8 Å². The second-order valence-corrected chi connectivity index (χ2v) is 8.54. The number of nitrogens with zero attached hydrogens (tertiary/aromatic N) is 3. The van der Waals surface area contributed by atoms with Crippen molar-refractivity contribution in [3.8, 4) is 0 Å². The van der Waals surface area contributed by atoms with Gasteiger partial charge in [0.15, 0.2) is 0 Å². The van der Waals surface area contributed by atoms with E-state index in [2.05, 4.69) is 36.1 Å². The summed E-state index contributed by atoms with van der Waals surface area (Å²) in [6.07, 6.45) is 5.71. The van der Waals surface area contributed by atoms with E-state index in [9.17, 15) is 9.59 Å². The maximum absolute atomic E-state index is 13.2. The van der Waals surface area contributed by atoms with Gasteiger partial charge >= 0.3 is 0 Å². The van der Waals surface area contributed by atoms with Crippen LogP contribution >= 0.6 is 0 Å². The van der Waals surface area contributed by atoms with Gasteiger partial charge in [0.05, 0.1) is 17.7 Å². The number of rotatable bonds is 4. The number of aryl methyl sites for hydroxylation is 1. The van der Waals surface area contributed by atoms with E-state index in [4.69, 9.17) is 4.42 Å². The average molecular weight is 410 g/mol. The van der Waals surface area contributed by atoms with E-state index in [1.165, 1.54) is 23.7 Å². The summed E-state index contributed by atoms with van der Waals surface area (Å²) in [5.41, 5.74) is 3.16. The first-order chi connectivity index (χ1) is 14.6. The zero-order chi connectivity index (χ0) is 20.9. The first-order valence-corrected chi connectivity index (χ1v) is 11.0. The third kappa shape index (κ3) is 4.93. The molecule has 0 aliphatic carbocycles. The molecule has 2 aliphatic rings. The molecule has 0 N–H and O–H groups in total. The fourth-order valence-corrected chi connectivity index (χ4v) is 4.49. The van der Waals surface area contributed by atoms with Gasteiger partial charge in [0.1, 0.15) is 6.26 Å². The molecule has 4 rings (SSSR count). The summed E-state index contributed by atoms with van der Waals surface area (Å²) in [7, 11) is 0. The number of hydrogen-bond acceptors (Lipinski definition) is 4. The lowest BCUT2D eigenvalue weighted by molar-refractivity contribution is -0.136. The lowest BCUT2D eigenvalue weighted by Crippen LogP contribution is -2.47. The van der Waals surface area contributed by atoms with Crippen molar-refractivity contribution in [1.29, 1.82) is 0 Å². The molecule has 6 nitrogen and oxygen atoms in total.